The molecular formula is C20H21NO4. The van der Waals surface area contributed by atoms with Crippen LogP contribution >= 0.6 is 0 Å². The normalized spacial score (nSPS) is 18.6. The summed E-state index contributed by atoms with van der Waals surface area (Å²) in [7, 11) is 0. The summed E-state index contributed by atoms with van der Waals surface area (Å²) in [5.74, 6) is 2.31. The van der Waals surface area contributed by atoms with Crippen molar-refractivity contribution in [3.05, 3.63) is 53.1 Å². The van der Waals surface area contributed by atoms with Crippen molar-refractivity contribution in [3.63, 3.8) is 0 Å². The number of aromatic hydroxyl groups is 1. The first-order valence-electron chi connectivity index (χ1n) is 8.56. The molecule has 1 unspecified atom stereocenters. The quantitative estimate of drug-likeness (QED) is 0.934. The van der Waals surface area contributed by atoms with Crippen LogP contribution in [0.3, 0.4) is 0 Å². The first kappa shape index (κ1) is 15.8. The number of hydrogen-bond donors (Lipinski definition) is 1. The molecule has 0 bridgehead atoms. The van der Waals surface area contributed by atoms with E-state index in [1.807, 2.05) is 36.1 Å². The van der Waals surface area contributed by atoms with Crippen LogP contribution in [0.25, 0.3) is 0 Å². The maximum atomic E-state index is 12.6. The average Bonchev–Trinajstić information content (AvgIpc) is 3.26. The summed E-state index contributed by atoms with van der Waals surface area (Å²) < 4.78 is 10.8. The standard InChI is InChI=1S/C20H21NO4/c1-13-8-14(2-4-17(13)22)9-20(23)21-7-6-16(11-21)15-3-5-18-19(10-15)25-12-24-18/h2-5,8,10,16,22H,6-7,9,11-12H2,1H3. The molecule has 1 saturated heterocycles. The number of phenols is 1. The highest BCUT2D eigenvalue weighted by atomic mass is 16.7. The third-order valence-electron chi connectivity index (χ3n) is 5.03. The van der Waals surface area contributed by atoms with Crippen molar-refractivity contribution in [1.29, 1.82) is 0 Å². The summed E-state index contributed by atoms with van der Waals surface area (Å²) in [6.07, 6.45) is 1.33. The minimum atomic E-state index is 0.133. The van der Waals surface area contributed by atoms with Crippen LogP contribution in [0, 0.1) is 6.92 Å². The molecule has 1 N–H and O–H groups in total. The summed E-state index contributed by atoms with van der Waals surface area (Å²) in [6.45, 7) is 3.62. The molecule has 1 fully saturated rings. The lowest BCUT2D eigenvalue weighted by molar-refractivity contribution is -0.129. The summed E-state index contributed by atoms with van der Waals surface area (Å²) >= 11 is 0. The molecule has 1 atom stereocenters. The van der Waals surface area contributed by atoms with Gasteiger partial charge in [-0.05, 0) is 48.2 Å². The SMILES string of the molecule is Cc1cc(CC(=O)N2CCC(c3ccc4c(c3)OCO4)C2)ccc1O. The number of carbonyl (C=O) groups is 1. The predicted molar refractivity (Wildman–Crippen MR) is 93.1 cm³/mol. The van der Waals surface area contributed by atoms with Crippen molar-refractivity contribution in [2.75, 3.05) is 19.9 Å². The molecule has 2 aliphatic rings. The Labute approximate surface area is 146 Å². The number of benzene rings is 2. The van der Waals surface area contributed by atoms with E-state index in [-0.39, 0.29) is 18.4 Å². The van der Waals surface area contributed by atoms with E-state index in [9.17, 15) is 9.90 Å². The summed E-state index contributed by atoms with van der Waals surface area (Å²) in [6, 6.07) is 11.4. The van der Waals surface area contributed by atoms with Gasteiger partial charge in [0, 0.05) is 19.0 Å². The van der Waals surface area contributed by atoms with Crippen LogP contribution in [0.15, 0.2) is 36.4 Å². The van der Waals surface area contributed by atoms with Crippen LogP contribution in [-0.2, 0) is 11.2 Å². The highest BCUT2D eigenvalue weighted by Crippen LogP contribution is 2.37. The van der Waals surface area contributed by atoms with Crippen LogP contribution in [-0.4, -0.2) is 35.8 Å². The zero-order valence-corrected chi connectivity index (χ0v) is 14.2. The Bertz CT molecular complexity index is 817. The van der Waals surface area contributed by atoms with Crippen LogP contribution in [0.5, 0.6) is 17.2 Å². The minimum Gasteiger partial charge on any atom is -0.508 e. The molecule has 2 aliphatic heterocycles. The van der Waals surface area contributed by atoms with Crippen molar-refractivity contribution in [2.45, 2.75) is 25.7 Å². The predicted octanol–water partition coefficient (Wildman–Crippen LogP) is 2.99. The van der Waals surface area contributed by atoms with Gasteiger partial charge in [-0.15, -0.1) is 0 Å². The van der Waals surface area contributed by atoms with Gasteiger partial charge >= 0.3 is 0 Å². The topological polar surface area (TPSA) is 59.0 Å². The smallest absolute Gasteiger partial charge is 0.231 e. The molecule has 5 heteroatoms. The lowest BCUT2D eigenvalue weighted by atomic mass is 9.98. The van der Waals surface area contributed by atoms with Crippen molar-refractivity contribution in [3.8, 4) is 17.2 Å². The zero-order chi connectivity index (χ0) is 17.4. The van der Waals surface area contributed by atoms with Crippen LogP contribution in [0.1, 0.15) is 29.0 Å². The number of rotatable bonds is 3. The molecule has 0 radical (unpaired) electrons. The molecule has 0 spiro atoms. The van der Waals surface area contributed by atoms with Gasteiger partial charge in [0.05, 0.1) is 6.42 Å². The van der Waals surface area contributed by atoms with E-state index in [1.54, 1.807) is 6.07 Å². The summed E-state index contributed by atoms with van der Waals surface area (Å²) in [4.78, 5) is 14.5. The van der Waals surface area contributed by atoms with E-state index in [1.165, 1.54) is 5.56 Å². The molecule has 0 saturated carbocycles. The number of carbonyl (C=O) groups excluding carboxylic acids is 1. The molecule has 25 heavy (non-hydrogen) atoms. The first-order valence-corrected chi connectivity index (χ1v) is 8.56. The largest absolute Gasteiger partial charge is 0.508 e. The van der Waals surface area contributed by atoms with E-state index in [2.05, 4.69) is 6.07 Å². The fourth-order valence-corrected chi connectivity index (χ4v) is 3.54. The number of hydrogen-bond acceptors (Lipinski definition) is 4. The van der Waals surface area contributed by atoms with E-state index < -0.39 is 0 Å². The van der Waals surface area contributed by atoms with Gasteiger partial charge < -0.3 is 19.5 Å². The fraction of sp³-hybridized carbons (Fsp3) is 0.350. The Kier molecular flexibility index (Phi) is 3.99. The number of nitrogens with zero attached hydrogens (tertiary/aromatic N) is 1. The van der Waals surface area contributed by atoms with Crippen LogP contribution in [0.2, 0.25) is 0 Å². The molecule has 2 aromatic carbocycles. The van der Waals surface area contributed by atoms with Crippen molar-refractivity contribution >= 4 is 5.91 Å². The number of ether oxygens (including phenoxy) is 2. The first-order chi connectivity index (χ1) is 12.1. The summed E-state index contributed by atoms with van der Waals surface area (Å²) in [5.41, 5.74) is 2.93. The highest BCUT2D eigenvalue weighted by molar-refractivity contribution is 5.79. The second-order valence-electron chi connectivity index (χ2n) is 6.74. The third-order valence-corrected chi connectivity index (χ3v) is 5.03. The second kappa shape index (κ2) is 6.31. The molecule has 1 amide bonds. The molecule has 0 aromatic heterocycles. The van der Waals surface area contributed by atoms with Crippen LogP contribution < -0.4 is 9.47 Å². The Morgan fingerprint density at radius 1 is 1.20 bits per heavy atom. The van der Waals surface area contributed by atoms with Crippen molar-refractivity contribution < 1.29 is 19.4 Å². The fourth-order valence-electron chi connectivity index (χ4n) is 3.54. The molecule has 130 valence electrons. The van der Waals surface area contributed by atoms with E-state index in [4.69, 9.17) is 9.47 Å². The number of aryl methyl sites for hydroxylation is 1. The van der Waals surface area contributed by atoms with Gasteiger partial charge in [0.2, 0.25) is 12.7 Å². The minimum absolute atomic E-state index is 0.133. The zero-order valence-electron chi connectivity index (χ0n) is 14.2. The maximum Gasteiger partial charge on any atom is 0.231 e. The Hall–Kier alpha value is -2.69. The Morgan fingerprint density at radius 2 is 2.04 bits per heavy atom. The van der Waals surface area contributed by atoms with Gasteiger partial charge in [0.15, 0.2) is 11.5 Å². The average molecular weight is 339 g/mol. The number of likely N-dealkylation sites (tertiary alicyclic amines) is 1. The van der Waals surface area contributed by atoms with Gasteiger partial charge in [-0.3, -0.25) is 4.79 Å². The van der Waals surface area contributed by atoms with Crippen LogP contribution in [0.4, 0.5) is 0 Å². The molecule has 5 nitrogen and oxygen atoms in total. The highest BCUT2D eigenvalue weighted by Gasteiger charge is 2.28. The molecule has 4 rings (SSSR count). The van der Waals surface area contributed by atoms with E-state index in [0.717, 1.165) is 42.1 Å². The number of amides is 1. The second-order valence-corrected chi connectivity index (χ2v) is 6.74. The van der Waals surface area contributed by atoms with Gasteiger partial charge in [-0.2, -0.15) is 0 Å². The van der Waals surface area contributed by atoms with E-state index in [0.29, 0.717) is 12.3 Å². The van der Waals surface area contributed by atoms with E-state index >= 15 is 0 Å². The lowest BCUT2D eigenvalue weighted by Crippen LogP contribution is -2.29. The van der Waals surface area contributed by atoms with Gasteiger partial charge in [-0.1, -0.05) is 18.2 Å². The summed E-state index contributed by atoms with van der Waals surface area (Å²) in [5, 5.41) is 9.60. The lowest BCUT2D eigenvalue weighted by Gasteiger charge is -2.17. The van der Waals surface area contributed by atoms with Crippen molar-refractivity contribution in [1.82, 2.24) is 4.90 Å². The third kappa shape index (κ3) is 3.14. The molecule has 0 aliphatic carbocycles. The van der Waals surface area contributed by atoms with Gasteiger partial charge in [0.1, 0.15) is 5.75 Å². The Balaban J connectivity index is 1.41. The number of phenolic OH excluding ortho intramolecular Hbond substituents is 1. The van der Waals surface area contributed by atoms with Crippen molar-refractivity contribution in [2.24, 2.45) is 0 Å². The van der Waals surface area contributed by atoms with Gasteiger partial charge in [0.25, 0.3) is 0 Å². The van der Waals surface area contributed by atoms with Gasteiger partial charge in [-0.25, -0.2) is 0 Å². The molecule has 2 aromatic rings. The molecular weight excluding hydrogens is 318 g/mol. The monoisotopic (exact) mass is 339 g/mol. The number of fused-ring (bicyclic) bond motifs is 1. The maximum absolute atomic E-state index is 12.6. The Morgan fingerprint density at radius 3 is 2.88 bits per heavy atom. The molecule has 2 heterocycles.